The number of ether oxygens (including phenoxy) is 1. The molecule has 1 unspecified atom stereocenters. The van der Waals surface area contributed by atoms with Gasteiger partial charge in [0.25, 0.3) is 0 Å². The second kappa shape index (κ2) is 6.25. The minimum atomic E-state index is -4.83. The average molecular weight is 380 g/mol. The predicted molar refractivity (Wildman–Crippen MR) is 78.6 cm³/mol. The number of pyridine rings is 2. The van der Waals surface area contributed by atoms with Gasteiger partial charge in [-0.1, -0.05) is 12.2 Å². The second-order valence-corrected chi connectivity index (χ2v) is 5.97. The number of aromatic nitrogens is 2. The fraction of sp³-hybridized carbons (Fsp3) is 0.429. The summed E-state index contributed by atoms with van der Waals surface area (Å²) < 4.78 is 57.5. The summed E-state index contributed by atoms with van der Waals surface area (Å²) in [5.41, 5.74) is -1.76. The SMILES string of the molecule is OC[C@H]1O[C@@H](c2cc3c(F)cc(C(F)(F)F)nc3[nH]c2=S)[C@@H](O)C1O. The van der Waals surface area contributed by atoms with Crippen molar-refractivity contribution in [2.24, 2.45) is 0 Å². The minimum Gasteiger partial charge on any atom is -0.394 e. The van der Waals surface area contributed by atoms with Gasteiger partial charge in [0, 0.05) is 11.6 Å². The first-order valence-electron chi connectivity index (χ1n) is 7.06. The van der Waals surface area contributed by atoms with Gasteiger partial charge in [0.2, 0.25) is 0 Å². The Labute approximate surface area is 142 Å². The van der Waals surface area contributed by atoms with E-state index in [9.17, 15) is 27.8 Å². The van der Waals surface area contributed by atoms with Gasteiger partial charge in [-0.2, -0.15) is 13.2 Å². The van der Waals surface area contributed by atoms with E-state index in [-0.39, 0.29) is 21.7 Å². The molecule has 0 amide bonds. The molecule has 136 valence electrons. The summed E-state index contributed by atoms with van der Waals surface area (Å²) in [7, 11) is 0. The first-order chi connectivity index (χ1) is 11.6. The molecule has 6 nitrogen and oxygen atoms in total. The summed E-state index contributed by atoms with van der Waals surface area (Å²) in [4.78, 5) is 5.71. The minimum absolute atomic E-state index is 0.0606. The van der Waals surface area contributed by atoms with Gasteiger partial charge in [-0.15, -0.1) is 0 Å². The monoisotopic (exact) mass is 380 g/mol. The summed E-state index contributed by atoms with van der Waals surface area (Å²) in [6.45, 7) is -0.566. The van der Waals surface area contributed by atoms with Crippen LogP contribution in [0, 0.1) is 10.5 Å². The van der Waals surface area contributed by atoms with Crippen LogP contribution < -0.4 is 0 Å². The van der Waals surface area contributed by atoms with Crippen molar-refractivity contribution >= 4 is 23.3 Å². The molecule has 0 bridgehead atoms. The molecule has 2 aromatic heterocycles. The third kappa shape index (κ3) is 3.13. The maximum atomic E-state index is 14.1. The van der Waals surface area contributed by atoms with Gasteiger partial charge < -0.3 is 25.0 Å². The zero-order chi connectivity index (χ0) is 18.5. The highest BCUT2D eigenvalue weighted by atomic mass is 32.1. The van der Waals surface area contributed by atoms with Gasteiger partial charge in [-0.25, -0.2) is 9.37 Å². The molecule has 2 aromatic rings. The van der Waals surface area contributed by atoms with Crippen LogP contribution in [-0.4, -0.2) is 50.2 Å². The number of aromatic amines is 1. The van der Waals surface area contributed by atoms with Crippen molar-refractivity contribution in [1.29, 1.82) is 0 Å². The number of halogens is 4. The lowest BCUT2D eigenvalue weighted by Gasteiger charge is -2.16. The number of aliphatic hydroxyl groups is 3. The van der Waals surface area contributed by atoms with E-state index in [4.69, 9.17) is 22.1 Å². The zero-order valence-corrected chi connectivity index (χ0v) is 13.1. The van der Waals surface area contributed by atoms with E-state index in [1.165, 1.54) is 0 Å². The molecule has 0 saturated carbocycles. The summed E-state index contributed by atoms with van der Waals surface area (Å²) in [5.74, 6) is -1.18. The maximum Gasteiger partial charge on any atom is 0.433 e. The number of alkyl halides is 3. The van der Waals surface area contributed by atoms with E-state index in [2.05, 4.69) is 9.97 Å². The number of fused-ring (bicyclic) bond motifs is 1. The van der Waals surface area contributed by atoms with Crippen LogP contribution in [0.25, 0.3) is 11.0 Å². The van der Waals surface area contributed by atoms with E-state index >= 15 is 0 Å². The van der Waals surface area contributed by atoms with Crippen molar-refractivity contribution in [3.63, 3.8) is 0 Å². The number of rotatable bonds is 2. The molecule has 0 aromatic carbocycles. The summed E-state index contributed by atoms with van der Waals surface area (Å²) in [5, 5.41) is 28.6. The highest BCUT2D eigenvalue weighted by Gasteiger charge is 2.43. The van der Waals surface area contributed by atoms with Crippen LogP contribution in [-0.2, 0) is 10.9 Å². The van der Waals surface area contributed by atoms with Gasteiger partial charge in [-0.05, 0) is 6.07 Å². The molecular weight excluding hydrogens is 368 g/mol. The molecule has 0 spiro atoms. The number of hydrogen-bond acceptors (Lipinski definition) is 6. The van der Waals surface area contributed by atoms with E-state index in [0.29, 0.717) is 0 Å². The molecule has 11 heteroatoms. The van der Waals surface area contributed by atoms with Gasteiger partial charge in [0.1, 0.15) is 46.2 Å². The molecule has 1 aliphatic heterocycles. The fourth-order valence-corrected chi connectivity index (χ4v) is 2.94. The Hall–Kier alpha value is -1.66. The highest BCUT2D eigenvalue weighted by Crippen LogP contribution is 2.36. The third-order valence-electron chi connectivity index (χ3n) is 3.94. The van der Waals surface area contributed by atoms with Crippen molar-refractivity contribution in [1.82, 2.24) is 9.97 Å². The van der Waals surface area contributed by atoms with E-state index in [1.54, 1.807) is 0 Å². The van der Waals surface area contributed by atoms with Gasteiger partial charge in [-0.3, -0.25) is 0 Å². The summed E-state index contributed by atoms with van der Waals surface area (Å²) >= 11 is 5.03. The molecular formula is C14H12F4N2O4S. The van der Waals surface area contributed by atoms with Gasteiger partial charge in [0.05, 0.1) is 12.0 Å². The van der Waals surface area contributed by atoms with Crippen molar-refractivity contribution in [3.8, 4) is 0 Å². The molecule has 3 heterocycles. The molecule has 3 rings (SSSR count). The lowest BCUT2D eigenvalue weighted by Crippen LogP contribution is -2.32. The van der Waals surface area contributed by atoms with Crippen LogP contribution in [0.2, 0.25) is 0 Å². The molecule has 25 heavy (non-hydrogen) atoms. The number of aliphatic hydroxyl groups excluding tert-OH is 3. The molecule has 0 radical (unpaired) electrons. The van der Waals surface area contributed by atoms with Crippen LogP contribution >= 0.6 is 12.2 Å². The first-order valence-corrected chi connectivity index (χ1v) is 7.47. The highest BCUT2D eigenvalue weighted by molar-refractivity contribution is 7.71. The largest absolute Gasteiger partial charge is 0.433 e. The van der Waals surface area contributed by atoms with Crippen LogP contribution in [0.4, 0.5) is 17.6 Å². The average Bonchev–Trinajstić information content (AvgIpc) is 2.81. The molecule has 1 aliphatic rings. The van der Waals surface area contributed by atoms with Gasteiger partial charge >= 0.3 is 6.18 Å². The normalized spacial score (nSPS) is 27.2. The summed E-state index contributed by atoms with van der Waals surface area (Å²) in [6, 6.07) is 1.36. The molecule has 4 atom stereocenters. The maximum absolute atomic E-state index is 14.1. The standard InChI is InChI=1S/C14H12F4N2O4S/c15-6-2-8(14(16,17)18)19-12-4(6)1-5(13(25)20-12)11-10(23)9(22)7(3-21)24-11/h1-2,7,9-11,21-23H,3H2,(H,19,20,25)/t7-,9?,10+,11+/m1/s1. The van der Waals surface area contributed by atoms with Crippen molar-refractivity contribution in [2.75, 3.05) is 6.61 Å². The Balaban J connectivity index is 2.12. The Kier molecular flexibility index (Phi) is 4.54. The van der Waals surface area contributed by atoms with Crippen LogP contribution in [0.3, 0.4) is 0 Å². The second-order valence-electron chi connectivity index (χ2n) is 5.56. The van der Waals surface area contributed by atoms with E-state index in [0.717, 1.165) is 6.07 Å². The Morgan fingerprint density at radius 1 is 1.24 bits per heavy atom. The van der Waals surface area contributed by atoms with Crippen molar-refractivity contribution in [3.05, 3.63) is 33.8 Å². The molecule has 4 N–H and O–H groups in total. The Bertz CT molecular complexity index is 872. The van der Waals surface area contributed by atoms with Crippen LogP contribution in [0.1, 0.15) is 17.4 Å². The Morgan fingerprint density at radius 2 is 1.92 bits per heavy atom. The van der Waals surface area contributed by atoms with Gasteiger partial charge in [0.15, 0.2) is 0 Å². The predicted octanol–water partition coefficient (Wildman–Crippen LogP) is 1.60. The lowest BCUT2D eigenvalue weighted by atomic mass is 10.0. The lowest BCUT2D eigenvalue weighted by molar-refractivity contribution is -0.141. The van der Waals surface area contributed by atoms with E-state index < -0.39 is 54.4 Å². The van der Waals surface area contributed by atoms with Crippen LogP contribution in [0.15, 0.2) is 12.1 Å². The topological polar surface area (TPSA) is 98.6 Å². The fourth-order valence-electron chi connectivity index (χ4n) is 2.67. The van der Waals surface area contributed by atoms with Crippen LogP contribution in [0.5, 0.6) is 0 Å². The third-order valence-corrected chi connectivity index (χ3v) is 4.28. The van der Waals surface area contributed by atoms with Crippen molar-refractivity contribution < 1.29 is 37.6 Å². The number of nitrogens with zero attached hydrogens (tertiary/aromatic N) is 1. The van der Waals surface area contributed by atoms with Crippen molar-refractivity contribution in [2.45, 2.75) is 30.6 Å². The quantitative estimate of drug-likeness (QED) is 0.467. The molecule has 1 saturated heterocycles. The zero-order valence-electron chi connectivity index (χ0n) is 12.3. The number of nitrogens with one attached hydrogen (secondary N) is 1. The number of H-pyrrole nitrogens is 1. The summed E-state index contributed by atoms with van der Waals surface area (Å²) in [6.07, 6.45) is -9.92. The first kappa shape index (κ1) is 18.1. The van der Waals surface area contributed by atoms with E-state index in [1.807, 2.05) is 0 Å². The number of hydrogen-bond donors (Lipinski definition) is 4. The Morgan fingerprint density at radius 3 is 2.48 bits per heavy atom. The molecule has 0 aliphatic carbocycles. The smallest absolute Gasteiger partial charge is 0.394 e. The molecule has 1 fully saturated rings.